The first kappa shape index (κ1) is 19.3. The van der Waals surface area contributed by atoms with Gasteiger partial charge in [0.25, 0.3) is 6.04 Å². The average molecular weight is 370 g/mol. The van der Waals surface area contributed by atoms with Gasteiger partial charge >= 0.3 is 11.9 Å². The smallest absolute Gasteiger partial charge is 0.430 e. The number of nitroso groups, excluding NO2 is 1. The Kier molecular flexibility index (Phi) is 5.73. The summed E-state index contributed by atoms with van der Waals surface area (Å²) in [6, 6.07) is -1.61. The molecule has 2 heterocycles. The Morgan fingerprint density at radius 3 is 2.28 bits per heavy atom. The zero-order valence-corrected chi connectivity index (χ0v) is 15.1. The minimum absolute atomic E-state index is 0.109. The predicted octanol–water partition coefficient (Wildman–Crippen LogP) is 0.237. The number of imide groups is 1. The summed E-state index contributed by atoms with van der Waals surface area (Å²) in [6.07, 6.45) is 0.218. The number of hydrogen-bond donors (Lipinski definition) is 0. The first-order valence-corrected chi connectivity index (χ1v) is 8.51. The Morgan fingerprint density at radius 1 is 1.28 bits per heavy atom. The number of nitrogens with zero attached hydrogens (tertiary/aromatic N) is 3. The summed E-state index contributed by atoms with van der Waals surface area (Å²) in [5.74, 6) is -1.95. The highest BCUT2D eigenvalue weighted by molar-refractivity contribution is 7.98. The van der Waals surface area contributed by atoms with E-state index in [1.54, 1.807) is 11.8 Å². The molecule has 3 unspecified atom stereocenters. The van der Waals surface area contributed by atoms with Crippen molar-refractivity contribution in [2.24, 2.45) is 0 Å². The van der Waals surface area contributed by atoms with E-state index in [1.165, 1.54) is 7.11 Å². The van der Waals surface area contributed by atoms with Crippen molar-refractivity contribution in [1.82, 2.24) is 9.21 Å². The molecule has 2 fully saturated rings. The van der Waals surface area contributed by atoms with Crippen LogP contribution in [0.1, 0.15) is 26.7 Å². The van der Waals surface area contributed by atoms with Gasteiger partial charge in [-0.05, 0) is 18.9 Å². The van der Waals surface area contributed by atoms with Crippen molar-refractivity contribution < 1.29 is 28.7 Å². The first-order chi connectivity index (χ1) is 11.7. The second kappa shape index (κ2) is 7.44. The van der Waals surface area contributed by atoms with Gasteiger partial charge in [-0.25, -0.2) is 9.10 Å². The average Bonchev–Trinajstić information content (AvgIpc) is 2.85. The number of carbonyl (C=O) groups excluding carboxylic acids is 4. The van der Waals surface area contributed by atoms with Crippen molar-refractivity contribution in [3.8, 4) is 0 Å². The molecular weight excluding hydrogens is 350 g/mol. The SMILES string of the molecule is C=C(C)C(C(=O)OC)N1CC([N+](=O)C(C)=O)C1SN1C(=O)CCC1=O. The van der Waals surface area contributed by atoms with Gasteiger partial charge in [-0.3, -0.25) is 19.3 Å². The van der Waals surface area contributed by atoms with E-state index in [4.69, 9.17) is 4.74 Å². The fraction of sp³-hybridized carbons (Fsp3) is 0.600. The minimum atomic E-state index is -0.827. The van der Waals surface area contributed by atoms with Crippen molar-refractivity contribution >= 4 is 35.6 Å². The molecule has 0 bridgehead atoms. The summed E-state index contributed by atoms with van der Waals surface area (Å²) in [5.41, 5.74) is 0.496. The Hall–Kier alpha value is -2.07. The highest BCUT2D eigenvalue weighted by atomic mass is 32.2. The maximum Gasteiger partial charge on any atom is 0.430 e. The molecule has 10 heteroatoms. The van der Waals surface area contributed by atoms with Gasteiger partial charge in [0.2, 0.25) is 11.8 Å². The predicted molar refractivity (Wildman–Crippen MR) is 87.9 cm³/mol. The van der Waals surface area contributed by atoms with Crippen LogP contribution >= 0.6 is 11.9 Å². The number of esters is 1. The lowest BCUT2D eigenvalue weighted by Gasteiger charge is -2.45. The lowest BCUT2D eigenvalue weighted by Crippen LogP contribution is -2.68. The highest BCUT2D eigenvalue weighted by Gasteiger charge is 2.57. The summed E-state index contributed by atoms with van der Waals surface area (Å²) in [6.45, 7) is 6.67. The van der Waals surface area contributed by atoms with Gasteiger partial charge in [-0.1, -0.05) is 12.2 Å². The molecule has 0 aromatic carbocycles. The standard InChI is InChI=1S/C15H20N3O6S/c1-8(2)13(15(22)24-4)16-7-10(17(23)9(3)19)14(16)25-18-11(20)5-6-12(18)21/h10,13-14H,1,5-7H2,2-4H3/q+1. The number of amides is 3. The van der Waals surface area contributed by atoms with Crippen LogP contribution in [0.5, 0.6) is 0 Å². The molecule has 0 radical (unpaired) electrons. The van der Waals surface area contributed by atoms with Crippen molar-refractivity contribution in [3.05, 3.63) is 17.1 Å². The molecule has 0 saturated carbocycles. The van der Waals surface area contributed by atoms with Gasteiger partial charge < -0.3 is 4.74 Å². The topological polar surface area (TPSA) is 104 Å². The molecule has 136 valence electrons. The van der Waals surface area contributed by atoms with Gasteiger partial charge in [0.1, 0.15) is 11.4 Å². The molecule has 25 heavy (non-hydrogen) atoms. The van der Waals surface area contributed by atoms with Crippen molar-refractivity contribution in [2.75, 3.05) is 13.7 Å². The number of likely N-dealkylation sites (tertiary alicyclic amines) is 1. The summed E-state index contributed by atoms with van der Waals surface area (Å²) >= 11 is 0.863. The third kappa shape index (κ3) is 3.64. The van der Waals surface area contributed by atoms with E-state index in [2.05, 4.69) is 6.58 Å². The number of carbonyl (C=O) groups is 4. The lowest BCUT2D eigenvalue weighted by atomic mass is 10.0. The van der Waals surface area contributed by atoms with Crippen LogP contribution in [-0.2, 0) is 23.9 Å². The maximum atomic E-state index is 12.1. The van der Waals surface area contributed by atoms with E-state index >= 15 is 0 Å². The van der Waals surface area contributed by atoms with E-state index < -0.39 is 29.3 Å². The van der Waals surface area contributed by atoms with E-state index in [0.717, 1.165) is 23.2 Å². The van der Waals surface area contributed by atoms with Gasteiger partial charge in [-0.2, -0.15) is 0 Å². The van der Waals surface area contributed by atoms with Crippen LogP contribution in [0.2, 0.25) is 0 Å². The molecule has 2 aliphatic rings. The molecule has 0 aromatic rings. The van der Waals surface area contributed by atoms with Crippen molar-refractivity contribution in [1.29, 1.82) is 0 Å². The normalized spacial score (nSPS) is 24.7. The Labute approximate surface area is 149 Å². The number of methoxy groups -OCH3 is 1. The number of rotatable bonds is 6. The minimum Gasteiger partial charge on any atom is -0.468 e. The summed E-state index contributed by atoms with van der Waals surface area (Å²) in [5, 5.41) is -0.729. The second-order valence-corrected chi connectivity index (χ2v) is 7.02. The summed E-state index contributed by atoms with van der Waals surface area (Å²) in [7, 11) is 1.24. The Morgan fingerprint density at radius 2 is 1.84 bits per heavy atom. The van der Waals surface area contributed by atoms with Crippen LogP contribution in [0.15, 0.2) is 12.2 Å². The fourth-order valence-corrected chi connectivity index (χ4v) is 4.11. The van der Waals surface area contributed by atoms with E-state index in [-0.39, 0.29) is 31.2 Å². The molecule has 0 spiro atoms. The molecule has 0 aromatic heterocycles. The third-order valence-corrected chi connectivity index (χ3v) is 5.53. The molecule has 9 nitrogen and oxygen atoms in total. The largest absolute Gasteiger partial charge is 0.468 e. The molecule has 0 aliphatic carbocycles. The molecule has 0 N–H and O–H groups in total. The third-order valence-electron chi connectivity index (χ3n) is 4.11. The van der Waals surface area contributed by atoms with Crippen LogP contribution in [0.4, 0.5) is 0 Å². The molecular formula is C15H20N3O6S+. The van der Waals surface area contributed by atoms with Gasteiger partial charge in [0.15, 0.2) is 0 Å². The molecule has 2 saturated heterocycles. The summed E-state index contributed by atoms with van der Waals surface area (Å²) < 4.78 is 6.09. The van der Waals surface area contributed by atoms with E-state index in [0.29, 0.717) is 10.3 Å². The Balaban J connectivity index is 2.27. The van der Waals surface area contributed by atoms with Gasteiger partial charge in [0, 0.05) is 17.7 Å². The van der Waals surface area contributed by atoms with Crippen LogP contribution in [0.3, 0.4) is 0 Å². The van der Waals surface area contributed by atoms with Gasteiger partial charge in [-0.15, -0.1) is 0 Å². The van der Waals surface area contributed by atoms with E-state index in [9.17, 15) is 24.1 Å². The second-order valence-electron chi connectivity index (χ2n) is 5.96. The van der Waals surface area contributed by atoms with Crippen LogP contribution < -0.4 is 0 Å². The maximum absolute atomic E-state index is 12.1. The van der Waals surface area contributed by atoms with Crippen LogP contribution in [-0.4, -0.2) is 68.8 Å². The molecule has 2 rings (SSSR count). The summed E-state index contributed by atoms with van der Waals surface area (Å²) in [4.78, 5) is 60.9. The van der Waals surface area contributed by atoms with Crippen molar-refractivity contribution in [3.63, 3.8) is 0 Å². The van der Waals surface area contributed by atoms with Crippen molar-refractivity contribution in [2.45, 2.75) is 44.1 Å². The fourth-order valence-electron chi connectivity index (χ4n) is 2.81. The highest BCUT2D eigenvalue weighted by Crippen LogP contribution is 2.38. The molecule has 2 aliphatic heterocycles. The quantitative estimate of drug-likeness (QED) is 0.215. The lowest BCUT2D eigenvalue weighted by molar-refractivity contribution is -0.527. The van der Waals surface area contributed by atoms with E-state index in [1.807, 2.05) is 0 Å². The van der Waals surface area contributed by atoms with Gasteiger partial charge in [0.05, 0.1) is 25.3 Å². The first-order valence-electron chi connectivity index (χ1n) is 7.67. The monoisotopic (exact) mass is 370 g/mol. The zero-order valence-electron chi connectivity index (χ0n) is 14.3. The molecule has 3 amide bonds. The zero-order chi connectivity index (χ0) is 18.9. The van der Waals surface area contributed by atoms with Crippen LogP contribution in [0, 0.1) is 4.91 Å². The number of hydrogen-bond acceptors (Lipinski definition) is 8. The Bertz CT molecular complexity index is 648. The van der Waals surface area contributed by atoms with Crippen LogP contribution in [0.25, 0.3) is 0 Å². The number of ether oxygens (including phenoxy) is 1. The molecule has 3 atom stereocenters.